The van der Waals surface area contributed by atoms with Crippen LogP contribution in [0.25, 0.3) is 17.5 Å². The maximum atomic E-state index is 13.3. The summed E-state index contributed by atoms with van der Waals surface area (Å²) in [5, 5.41) is 0. The van der Waals surface area contributed by atoms with Crippen molar-refractivity contribution in [3.05, 3.63) is 111 Å². The first-order valence-electron chi connectivity index (χ1n) is 18.4. The molecule has 0 amide bonds. The first-order chi connectivity index (χ1) is 26.2. The number of piperidine rings is 2. The molecule has 0 atom stereocenters. The molecule has 6 rings (SSSR count). The predicted octanol–water partition coefficient (Wildman–Crippen LogP) is 5.80. The summed E-state index contributed by atoms with van der Waals surface area (Å²) >= 11 is 0. The van der Waals surface area contributed by atoms with E-state index in [0.29, 0.717) is 47.4 Å². The summed E-state index contributed by atoms with van der Waals surface area (Å²) in [7, 11) is 0. The highest BCUT2D eigenvalue weighted by Crippen LogP contribution is 2.19. The maximum Gasteiger partial charge on any atom is 0.330 e. The third kappa shape index (κ3) is 10.7. The molecule has 2 aliphatic rings. The number of hydrogen-bond donors (Lipinski definition) is 0. The van der Waals surface area contributed by atoms with Crippen LogP contribution in [0.5, 0.6) is 0 Å². The van der Waals surface area contributed by atoms with Crippen molar-refractivity contribution in [2.24, 2.45) is 0 Å². The zero-order valence-corrected chi connectivity index (χ0v) is 30.7. The van der Waals surface area contributed by atoms with E-state index < -0.39 is 5.97 Å². The van der Waals surface area contributed by atoms with Gasteiger partial charge < -0.3 is 19.3 Å². The molecule has 54 heavy (non-hydrogen) atoms. The molecule has 0 radical (unpaired) electrons. The SMILES string of the molecule is CCOC(=O)/C=C/c1cn(-c2ccc(F)cc2)c(=O)c(N2CCCCC2)n1.CCOC(=O)CCc1cn(-c2ccc(F)cc2)c(=O)c(N2CCCCC2)n1. The van der Waals surface area contributed by atoms with Crippen LogP contribution in [0, 0.1) is 11.6 Å². The van der Waals surface area contributed by atoms with Crippen molar-refractivity contribution in [2.75, 3.05) is 49.2 Å². The van der Waals surface area contributed by atoms with Crippen molar-refractivity contribution in [2.45, 2.75) is 65.2 Å². The average molecular weight is 745 g/mol. The van der Waals surface area contributed by atoms with E-state index in [1.807, 2.05) is 9.80 Å². The van der Waals surface area contributed by atoms with Gasteiger partial charge in [0.25, 0.3) is 11.1 Å². The number of carbonyl (C=O) groups excluding carboxylic acids is 2. The molecular weight excluding hydrogens is 698 g/mol. The maximum absolute atomic E-state index is 13.3. The minimum absolute atomic E-state index is 0.196. The van der Waals surface area contributed by atoms with Gasteiger partial charge in [-0.25, -0.2) is 23.5 Å². The van der Waals surface area contributed by atoms with Crippen LogP contribution >= 0.6 is 0 Å². The standard InChI is InChI=1S/C20H24FN3O3.C20H22FN3O3/c2*1-2-27-18(25)11-8-16-14-24(17-9-6-15(21)7-10-17)20(26)19(22-16)23-12-4-3-5-13-23/h6-7,9-10,14H,2-5,8,11-13H2,1H3;6-11,14H,2-5,12-13H2,1H3/b;11-8+. The van der Waals surface area contributed by atoms with E-state index in [9.17, 15) is 28.0 Å². The first-order valence-corrected chi connectivity index (χ1v) is 18.4. The molecule has 2 saturated heterocycles. The molecule has 0 bridgehead atoms. The molecule has 0 saturated carbocycles. The summed E-state index contributed by atoms with van der Waals surface area (Å²) in [4.78, 5) is 62.3. The molecule has 2 aromatic heterocycles. The van der Waals surface area contributed by atoms with Gasteiger partial charge in [-0.15, -0.1) is 0 Å². The number of hydrogen-bond acceptors (Lipinski definition) is 10. The van der Waals surface area contributed by atoms with Crippen LogP contribution in [0.1, 0.15) is 70.2 Å². The van der Waals surface area contributed by atoms with Crippen LogP contribution in [0.2, 0.25) is 0 Å². The Hall–Kier alpha value is -5.66. The Morgan fingerprint density at radius 1 is 0.685 bits per heavy atom. The number of benzene rings is 2. The number of aromatic nitrogens is 4. The Morgan fingerprint density at radius 3 is 1.67 bits per heavy atom. The van der Waals surface area contributed by atoms with Gasteiger partial charge in [0.2, 0.25) is 0 Å². The van der Waals surface area contributed by atoms with Crippen LogP contribution in [-0.2, 0) is 25.5 Å². The van der Waals surface area contributed by atoms with Gasteiger partial charge in [-0.3, -0.25) is 23.5 Å². The van der Waals surface area contributed by atoms with E-state index in [2.05, 4.69) is 9.97 Å². The van der Waals surface area contributed by atoms with Gasteiger partial charge in [0.15, 0.2) is 11.6 Å². The summed E-state index contributed by atoms with van der Waals surface area (Å²) in [6.45, 7) is 7.20. The van der Waals surface area contributed by atoms with Crippen LogP contribution in [0.15, 0.2) is 76.6 Å². The quantitative estimate of drug-likeness (QED) is 0.137. The van der Waals surface area contributed by atoms with Crippen molar-refractivity contribution in [1.29, 1.82) is 0 Å². The zero-order chi connectivity index (χ0) is 38.5. The van der Waals surface area contributed by atoms with Crippen LogP contribution in [-0.4, -0.2) is 70.4 Å². The Labute approximate surface area is 312 Å². The number of ether oxygens (including phenoxy) is 2. The van der Waals surface area contributed by atoms with Crippen molar-refractivity contribution < 1.29 is 27.8 Å². The fourth-order valence-corrected chi connectivity index (χ4v) is 6.24. The summed E-state index contributed by atoms with van der Waals surface area (Å²) in [6, 6.07) is 11.4. The van der Waals surface area contributed by atoms with Crippen LogP contribution in [0.4, 0.5) is 20.4 Å². The summed E-state index contributed by atoms with van der Waals surface area (Å²) < 4.78 is 39.3. The van der Waals surface area contributed by atoms with Crippen molar-refractivity contribution >= 4 is 29.7 Å². The van der Waals surface area contributed by atoms with Gasteiger partial charge in [-0.1, -0.05) is 0 Å². The molecule has 0 spiro atoms. The lowest BCUT2D eigenvalue weighted by atomic mass is 10.1. The second-order valence-corrected chi connectivity index (χ2v) is 12.8. The fourth-order valence-electron chi connectivity index (χ4n) is 6.24. The average Bonchev–Trinajstić information content (AvgIpc) is 3.19. The van der Waals surface area contributed by atoms with Crippen molar-refractivity contribution in [1.82, 2.24) is 19.1 Å². The third-order valence-electron chi connectivity index (χ3n) is 8.93. The third-order valence-corrected chi connectivity index (χ3v) is 8.93. The highest BCUT2D eigenvalue weighted by atomic mass is 19.1. The first kappa shape index (κ1) is 39.5. The number of esters is 2. The number of anilines is 2. The molecule has 4 aromatic rings. The van der Waals surface area contributed by atoms with E-state index in [4.69, 9.17) is 9.47 Å². The molecule has 286 valence electrons. The Morgan fingerprint density at radius 2 is 1.17 bits per heavy atom. The molecule has 12 nitrogen and oxygen atoms in total. The summed E-state index contributed by atoms with van der Waals surface area (Å²) in [6.07, 6.45) is 12.9. The van der Waals surface area contributed by atoms with E-state index in [1.165, 1.54) is 57.7 Å². The number of nitrogens with zero attached hydrogens (tertiary/aromatic N) is 6. The Bertz CT molecular complexity index is 2020. The predicted molar refractivity (Wildman–Crippen MR) is 202 cm³/mol. The second kappa shape index (κ2) is 19.4. The van der Waals surface area contributed by atoms with Gasteiger partial charge in [0, 0.05) is 62.4 Å². The lowest BCUT2D eigenvalue weighted by molar-refractivity contribution is -0.143. The number of rotatable bonds is 11. The molecule has 2 aliphatic heterocycles. The van der Waals surface area contributed by atoms with Gasteiger partial charge in [0.1, 0.15) is 11.6 Å². The Balaban J connectivity index is 0.000000208. The molecule has 14 heteroatoms. The number of carbonyl (C=O) groups is 2. The van der Waals surface area contributed by atoms with E-state index in [1.54, 1.807) is 38.4 Å². The van der Waals surface area contributed by atoms with Crippen molar-refractivity contribution in [3.8, 4) is 11.4 Å². The van der Waals surface area contributed by atoms with Crippen LogP contribution < -0.4 is 20.9 Å². The van der Waals surface area contributed by atoms with Gasteiger partial charge in [0.05, 0.1) is 31.0 Å². The summed E-state index contributed by atoms with van der Waals surface area (Å²) in [5.74, 6) is -0.777. The topological polar surface area (TPSA) is 129 Å². The molecule has 0 unspecified atom stereocenters. The molecule has 0 N–H and O–H groups in total. The lowest BCUT2D eigenvalue weighted by Crippen LogP contribution is -2.37. The second-order valence-electron chi connectivity index (χ2n) is 12.8. The van der Waals surface area contributed by atoms with Gasteiger partial charge in [-0.05, 0) is 107 Å². The highest BCUT2D eigenvalue weighted by Gasteiger charge is 2.21. The van der Waals surface area contributed by atoms with Crippen molar-refractivity contribution in [3.63, 3.8) is 0 Å². The minimum atomic E-state index is -0.474. The van der Waals surface area contributed by atoms with E-state index in [-0.39, 0.29) is 41.7 Å². The molecule has 0 aliphatic carbocycles. The fraction of sp³-hybridized carbons (Fsp3) is 0.400. The van der Waals surface area contributed by atoms with E-state index in [0.717, 1.165) is 64.7 Å². The van der Waals surface area contributed by atoms with Crippen LogP contribution in [0.3, 0.4) is 0 Å². The molecular formula is C40H46F2N6O6. The monoisotopic (exact) mass is 744 g/mol. The lowest BCUT2D eigenvalue weighted by Gasteiger charge is -2.28. The largest absolute Gasteiger partial charge is 0.466 e. The molecule has 4 heterocycles. The number of aryl methyl sites for hydroxylation is 1. The normalized spacial score (nSPS) is 14.4. The minimum Gasteiger partial charge on any atom is -0.466 e. The number of halogens is 2. The zero-order valence-electron chi connectivity index (χ0n) is 30.7. The smallest absolute Gasteiger partial charge is 0.330 e. The molecule has 2 aromatic carbocycles. The molecule has 2 fully saturated rings. The summed E-state index contributed by atoms with van der Waals surface area (Å²) in [5.41, 5.74) is 1.69. The highest BCUT2D eigenvalue weighted by molar-refractivity contribution is 5.86. The van der Waals surface area contributed by atoms with Gasteiger partial charge >= 0.3 is 11.9 Å². The van der Waals surface area contributed by atoms with Gasteiger partial charge in [-0.2, -0.15) is 0 Å². The van der Waals surface area contributed by atoms with E-state index >= 15 is 0 Å². The Kier molecular flexibility index (Phi) is 14.2.